The first-order valence-electron chi connectivity index (χ1n) is 11.6. The summed E-state index contributed by atoms with van der Waals surface area (Å²) in [5.41, 5.74) is 4.91. The Morgan fingerprint density at radius 2 is 1.21 bits per heavy atom. The lowest BCUT2D eigenvalue weighted by molar-refractivity contribution is 1.56. The van der Waals surface area contributed by atoms with Crippen molar-refractivity contribution in [3.05, 3.63) is 109 Å². The van der Waals surface area contributed by atoms with Crippen molar-refractivity contribution in [1.29, 1.82) is 0 Å². The van der Waals surface area contributed by atoms with Crippen molar-refractivity contribution in [2.24, 2.45) is 0 Å². The SMILES string of the molecule is c1ccc2cc(-c3ccc4c(c3)[nH]c3c5ccccc5c5c6ccccc6sc5c43)ccc2c1. The fourth-order valence-electron chi connectivity index (χ4n) is 5.59. The molecule has 0 unspecified atom stereocenters. The average Bonchev–Trinajstić information content (AvgIpc) is 3.47. The van der Waals surface area contributed by atoms with Crippen LogP contribution in [0.2, 0.25) is 0 Å². The van der Waals surface area contributed by atoms with Crippen LogP contribution in [0.1, 0.15) is 0 Å². The second-order valence-corrected chi connectivity index (χ2v) is 10.1. The van der Waals surface area contributed by atoms with Gasteiger partial charge in [0.2, 0.25) is 0 Å². The summed E-state index contributed by atoms with van der Waals surface area (Å²) in [6, 6.07) is 39.8. The molecular weight excluding hydrogens is 430 g/mol. The first-order chi connectivity index (χ1) is 16.8. The number of nitrogens with one attached hydrogen (secondary N) is 1. The standard InChI is InChI=1S/C32H19NS/c1-2-8-20-17-21(14-13-19(20)7-1)22-15-16-25-27(18-22)33-31-24-10-4-3-9-23(24)29-26-11-5-6-12-28(26)34-32(29)30(25)31/h1-18,33H. The maximum absolute atomic E-state index is 3.81. The summed E-state index contributed by atoms with van der Waals surface area (Å²) < 4.78 is 2.72. The molecule has 2 heterocycles. The van der Waals surface area contributed by atoms with Crippen LogP contribution in [0, 0.1) is 0 Å². The Morgan fingerprint density at radius 3 is 2.12 bits per heavy atom. The molecule has 158 valence electrons. The Bertz CT molecular complexity index is 2070. The molecule has 0 bridgehead atoms. The largest absolute Gasteiger partial charge is 0.354 e. The van der Waals surface area contributed by atoms with Gasteiger partial charge in [-0.05, 0) is 45.5 Å². The topological polar surface area (TPSA) is 15.8 Å². The van der Waals surface area contributed by atoms with E-state index in [2.05, 4.69) is 114 Å². The zero-order valence-electron chi connectivity index (χ0n) is 18.3. The molecule has 0 amide bonds. The molecule has 0 spiro atoms. The van der Waals surface area contributed by atoms with Crippen LogP contribution in [-0.2, 0) is 0 Å². The zero-order chi connectivity index (χ0) is 22.2. The van der Waals surface area contributed by atoms with Crippen LogP contribution in [0.3, 0.4) is 0 Å². The van der Waals surface area contributed by atoms with E-state index in [1.165, 1.54) is 74.6 Å². The molecule has 0 aliphatic heterocycles. The molecule has 0 fully saturated rings. The van der Waals surface area contributed by atoms with Crippen molar-refractivity contribution < 1.29 is 0 Å². The quantitative estimate of drug-likeness (QED) is 0.257. The molecule has 6 aromatic carbocycles. The molecule has 8 rings (SSSR count). The van der Waals surface area contributed by atoms with E-state index in [1.807, 2.05) is 11.3 Å². The summed E-state index contributed by atoms with van der Waals surface area (Å²) in [5.74, 6) is 0. The lowest BCUT2D eigenvalue weighted by Crippen LogP contribution is -1.79. The summed E-state index contributed by atoms with van der Waals surface area (Å²) in [7, 11) is 0. The van der Waals surface area contributed by atoms with Gasteiger partial charge in [-0.25, -0.2) is 0 Å². The van der Waals surface area contributed by atoms with E-state index in [9.17, 15) is 0 Å². The van der Waals surface area contributed by atoms with Crippen molar-refractivity contribution in [3.63, 3.8) is 0 Å². The number of fused-ring (bicyclic) bond motifs is 11. The minimum absolute atomic E-state index is 1.19. The van der Waals surface area contributed by atoms with Crippen molar-refractivity contribution in [3.8, 4) is 11.1 Å². The maximum atomic E-state index is 3.81. The smallest absolute Gasteiger partial charge is 0.0559 e. The van der Waals surface area contributed by atoms with E-state index in [1.54, 1.807) is 0 Å². The third-order valence-corrected chi connectivity index (χ3v) is 8.36. The summed E-state index contributed by atoms with van der Waals surface area (Å²) in [6.45, 7) is 0. The van der Waals surface area contributed by atoms with Crippen LogP contribution < -0.4 is 0 Å². The number of hydrogen-bond donors (Lipinski definition) is 1. The summed E-state index contributed by atoms with van der Waals surface area (Å²) >= 11 is 1.91. The number of hydrogen-bond acceptors (Lipinski definition) is 1. The number of thiophene rings is 1. The molecule has 0 aliphatic carbocycles. The molecule has 0 aliphatic rings. The number of benzene rings is 6. The minimum atomic E-state index is 1.19. The molecule has 2 aromatic heterocycles. The van der Waals surface area contributed by atoms with E-state index in [0.717, 1.165) is 0 Å². The summed E-state index contributed by atoms with van der Waals surface area (Å²) in [6.07, 6.45) is 0. The average molecular weight is 450 g/mol. The Balaban J connectivity index is 1.48. The molecule has 2 heteroatoms. The fourth-order valence-corrected chi connectivity index (χ4v) is 6.87. The number of H-pyrrole nitrogens is 1. The van der Waals surface area contributed by atoms with Gasteiger partial charge in [0.25, 0.3) is 0 Å². The van der Waals surface area contributed by atoms with Gasteiger partial charge >= 0.3 is 0 Å². The van der Waals surface area contributed by atoms with E-state index in [4.69, 9.17) is 0 Å². The van der Waals surface area contributed by atoms with E-state index >= 15 is 0 Å². The van der Waals surface area contributed by atoms with Gasteiger partial charge < -0.3 is 4.98 Å². The van der Waals surface area contributed by atoms with Crippen LogP contribution in [0.4, 0.5) is 0 Å². The van der Waals surface area contributed by atoms with E-state index < -0.39 is 0 Å². The molecule has 0 saturated carbocycles. The lowest BCUT2D eigenvalue weighted by atomic mass is 9.98. The van der Waals surface area contributed by atoms with Gasteiger partial charge in [0.05, 0.1) is 5.52 Å². The zero-order valence-corrected chi connectivity index (χ0v) is 19.1. The Morgan fingerprint density at radius 1 is 0.500 bits per heavy atom. The fraction of sp³-hybridized carbons (Fsp3) is 0. The molecule has 1 N–H and O–H groups in total. The monoisotopic (exact) mass is 449 g/mol. The normalized spacial score (nSPS) is 12.1. The van der Waals surface area contributed by atoms with Crippen LogP contribution in [-0.4, -0.2) is 4.98 Å². The second-order valence-electron chi connectivity index (χ2n) is 9.05. The first-order valence-corrected chi connectivity index (χ1v) is 12.4. The van der Waals surface area contributed by atoms with Crippen molar-refractivity contribution in [2.45, 2.75) is 0 Å². The highest BCUT2D eigenvalue weighted by atomic mass is 32.1. The number of aromatic amines is 1. The molecule has 0 atom stereocenters. The Hall–Kier alpha value is -4.14. The Labute approximate surface area is 199 Å². The molecule has 0 radical (unpaired) electrons. The van der Waals surface area contributed by atoms with Crippen molar-refractivity contribution >= 4 is 74.9 Å². The molecule has 1 nitrogen and oxygen atoms in total. The predicted octanol–water partition coefficient (Wildman–Crippen LogP) is 9.66. The maximum Gasteiger partial charge on any atom is 0.0559 e. The van der Waals surface area contributed by atoms with Gasteiger partial charge in [0.15, 0.2) is 0 Å². The van der Waals surface area contributed by atoms with Gasteiger partial charge in [-0.15, -0.1) is 11.3 Å². The third-order valence-electron chi connectivity index (χ3n) is 7.17. The molecular formula is C32H19NS. The molecule has 8 aromatic rings. The summed E-state index contributed by atoms with van der Waals surface area (Å²) in [4.78, 5) is 3.81. The van der Waals surface area contributed by atoms with Gasteiger partial charge in [0, 0.05) is 41.8 Å². The van der Waals surface area contributed by atoms with Crippen LogP contribution >= 0.6 is 11.3 Å². The van der Waals surface area contributed by atoms with Crippen molar-refractivity contribution in [2.75, 3.05) is 0 Å². The minimum Gasteiger partial charge on any atom is -0.354 e. The van der Waals surface area contributed by atoms with Gasteiger partial charge in [-0.2, -0.15) is 0 Å². The second kappa shape index (κ2) is 6.69. The third kappa shape index (κ3) is 2.43. The molecule has 0 saturated heterocycles. The van der Waals surface area contributed by atoms with Crippen molar-refractivity contribution in [1.82, 2.24) is 4.98 Å². The van der Waals surface area contributed by atoms with Crippen LogP contribution in [0.5, 0.6) is 0 Å². The highest BCUT2D eigenvalue weighted by molar-refractivity contribution is 7.27. The highest BCUT2D eigenvalue weighted by Crippen LogP contribution is 2.46. The summed E-state index contributed by atoms with van der Waals surface area (Å²) in [5, 5.41) is 10.5. The predicted molar refractivity (Wildman–Crippen MR) is 149 cm³/mol. The van der Waals surface area contributed by atoms with Gasteiger partial charge in [0.1, 0.15) is 0 Å². The van der Waals surface area contributed by atoms with Gasteiger partial charge in [-0.1, -0.05) is 91.0 Å². The highest BCUT2D eigenvalue weighted by Gasteiger charge is 2.17. The Kier molecular flexibility index (Phi) is 3.60. The van der Waals surface area contributed by atoms with Crippen LogP contribution in [0.15, 0.2) is 109 Å². The molecule has 34 heavy (non-hydrogen) atoms. The van der Waals surface area contributed by atoms with E-state index in [-0.39, 0.29) is 0 Å². The lowest BCUT2D eigenvalue weighted by Gasteiger charge is -2.05. The first kappa shape index (κ1) is 18.3. The number of aromatic nitrogens is 1. The van der Waals surface area contributed by atoms with E-state index in [0.29, 0.717) is 0 Å². The number of rotatable bonds is 1. The van der Waals surface area contributed by atoms with Crippen LogP contribution in [0.25, 0.3) is 74.6 Å². The van der Waals surface area contributed by atoms with Gasteiger partial charge in [-0.3, -0.25) is 0 Å².